The Labute approximate surface area is 140 Å². The Hall–Kier alpha value is -1.88. The number of benzene rings is 1. The quantitative estimate of drug-likeness (QED) is 0.888. The molecule has 2 aliphatic rings. The predicted octanol–water partition coefficient (Wildman–Crippen LogP) is 3.17. The lowest BCUT2D eigenvalue weighted by atomic mass is 9.88. The van der Waals surface area contributed by atoms with Gasteiger partial charge in [-0.15, -0.1) is 0 Å². The minimum absolute atomic E-state index is 0.124. The first-order valence-corrected chi connectivity index (χ1v) is 8.87. The van der Waals surface area contributed by atoms with Crippen LogP contribution in [0.1, 0.15) is 43.6 Å². The molecule has 2 unspecified atom stereocenters. The summed E-state index contributed by atoms with van der Waals surface area (Å²) in [6.07, 6.45) is 5.86. The van der Waals surface area contributed by atoms with Crippen LogP contribution in [0.25, 0.3) is 10.9 Å². The Morgan fingerprint density at radius 3 is 2.71 bits per heavy atom. The lowest BCUT2D eigenvalue weighted by Crippen LogP contribution is -2.43. The first kappa shape index (κ1) is 15.6. The summed E-state index contributed by atoms with van der Waals surface area (Å²) in [5, 5.41) is 11.0. The second-order valence-corrected chi connectivity index (χ2v) is 7.14. The number of carbonyl (C=O) groups excluding carboxylic acids is 1. The summed E-state index contributed by atoms with van der Waals surface area (Å²) < 4.78 is 13.3. The van der Waals surface area contributed by atoms with Gasteiger partial charge in [0.2, 0.25) is 5.91 Å². The van der Waals surface area contributed by atoms with Crippen molar-refractivity contribution in [1.82, 2.24) is 9.88 Å². The largest absolute Gasteiger partial charge is 0.392 e. The number of nitrogens with one attached hydrogen (secondary N) is 1. The van der Waals surface area contributed by atoms with Gasteiger partial charge in [-0.1, -0.05) is 0 Å². The number of aliphatic hydroxyl groups excluding tert-OH is 1. The van der Waals surface area contributed by atoms with E-state index in [0.717, 1.165) is 56.1 Å². The summed E-state index contributed by atoms with van der Waals surface area (Å²) >= 11 is 0. The zero-order valence-corrected chi connectivity index (χ0v) is 13.7. The first-order valence-electron chi connectivity index (χ1n) is 8.87. The highest BCUT2D eigenvalue weighted by Gasteiger charge is 2.36. The SMILES string of the molecule is O=C(C1CCCC1O)N1CCC(c2c[nH]c3cc(F)ccc23)CC1. The van der Waals surface area contributed by atoms with Crippen LogP contribution in [0.2, 0.25) is 0 Å². The highest BCUT2D eigenvalue weighted by atomic mass is 19.1. The van der Waals surface area contributed by atoms with Crippen molar-refractivity contribution in [3.63, 3.8) is 0 Å². The number of aliphatic hydroxyl groups is 1. The van der Waals surface area contributed by atoms with Gasteiger partial charge in [-0.2, -0.15) is 0 Å². The maximum Gasteiger partial charge on any atom is 0.228 e. The van der Waals surface area contributed by atoms with E-state index < -0.39 is 6.10 Å². The van der Waals surface area contributed by atoms with Gasteiger partial charge in [0.05, 0.1) is 12.0 Å². The van der Waals surface area contributed by atoms with Crippen LogP contribution in [0, 0.1) is 11.7 Å². The van der Waals surface area contributed by atoms with Gasteiger partial charge in [-0.3, -0.25) is 4.79 Å². The molecule has 4 rings (SSSR count). The summed E-state index contributed by atoms with van der Waals surface area (Å²) in [4.78, 5) is 17.6. The van der Waals surface area contributed by atoms with Crippen molar-refractivity contribution in [1.29, 1.82) is 0 Å². The van der Waals surface area contributed by atoms with Crippen LogP contribution >= 0.6 is 0 Å². The summed E-state index contributed by atoms with van der Waals surface area (Å²) in [5.41, 5.74) is 2.05. The fourth-order valence-electron chi connectivity index (χ4n) is 4.33. The van der Waals surface area contributed by atoms with E-state index in [-0.39, 0.29) is 17.6 Å². The van der Waals surface area contributed by atoms with Crippen molar-refractivity contribution in [2.45, 2.75) is 44.1 Å². The number of carbonyl (C=O) groups is 1. The molecular weight excluding hydrogens is 307 g/mol. The molecule has 1 aliphatic heterocycles. The summed E-state index contributed by atoms with van der Waals surface area (Å²) in [6, 6.07) is 4.86. The normalized spacial score (nSPS) is 25.5. The molecular formula is C19H23FN2O2. The maximum atomic E-state index is 13.3. The number of hydrogen-bond acceptors (Lipinski definition) is 2. The van der Waals surface area contributed by atoms with Crippen LogP contribution in [0.15, 0.2) is 24.4 Å². The highest BCUT2D eigenvalue weighted by molar-refractivity contribution is 5.84. The third-order valence-electron chi connectivity index (χ3n) is 5.72. The lowest BCUT2D eigenvalue weighted by molar-refractivity contribution is -0.139. The zero-order valence-electron chi connectivity index (χ0n) is 13.7. The highest BCUT2D eigenvalue weighted by Crippen LogP contribution is 2.35. The van der Waals surface area contributed by atoms with Crippen LogP contribution in [-0.4, -0.2) is 40.1 Å². The molecule has 128 valence electrons. The lowest BCUT2D eigenvalue weighted by Gasteiger charge is -2.34. The summed E-state index contributed by atoms with van der Waals surface area (Å²) in [6.45, 7) is 1.47. The number of amides is 1. The molecule has 2 fully saturated rings. The van der Waals surface area contributed by atoms with Gasteiger partial charge >= 0.3 is 0 Å². The van der Waals surface area contributed by atoms with Crippen molar-refractivity contribution in [3.8, 4) is 0 Å². The monoisotopic (exact) mass is 330 g/mol. The van der Waals surface area contributed by atoms with Crippen molar-refractivity contribution in [2.24, 2.45) is 5.92 Å². The van der Waals surface area contributed by atoms with Crippen molar-refractivity contribution < 1.29 is 14.3 Å². The second kappa shape index (κ2) is 6.20. The van der Waals surface area contributed by atoms with Crippen LogP contribution in [0.5, 0.6) is 0 Å². The average Bonchev–Trinajstić information content (AvgIpc) is 3.20. The zero-order chi connectivity index (χ0) is 16.7. The standard InChI is InChI=1S/C19H23FN2O2/c20-13-4-5-14-16(11-21-17(14)10-13)12-6-8-22(9-7-12)19(24)15-2-1-3-18(15)23/h4-5,10-12,15,18,21,23H,1-3,6-9H2. The number of aromatic amines is 1. The molecule has 2 heterocycles. The van der Waals surface area contributed by atoms with E-state index >= 15 is 0 Å². The topological polar surface area (TPSA) is 56.3 Å². The molecule has 2 aromatic rings. The van der Waals surface area contributed by atoms with Gasteiger partial charge in [-0.25, -0.2) is 4.39 Å². The minimum Gasteiger partial charge on any atom is -0.392 e. The Morgan fingerprint density at radius 1 is 1.21 bits per heavy atom. The number of fused-ring (bicyclic) bond motifs is 1. The fourth-order valence-corrected chi connectivity index (χ4v) is 4.33. The van der Waals surface area contributed by atoms with Gasteiger partial charge in [0.1, 0.15) is 5.82 Å². The molecule has 1 aliphatic carbocycles. The molecule has 1 aromatic heterocycles. The number of rotatable bonds is 2. The Balaban J connectivity index is 1.45. The molecule has 1 aromatic carbocycles. The van der Waals surface area contributed by atoms with E-state index in [9.17, 15) is 14.3 Å². The van der Waals surface area contributed by atoms with Crippen LogP contribution < -0.4 is 0 Å². The van der Waals surface area contributed by atoms with E-state index in [1.165, 1.54) is 17.7 Å². The van der Waals surface area contributed by atoms with Gasteiger partial charge in [0.25, 0.3) is 0 Å². The molecule has 2 atom stereocenters. The van der Waals surface area contributed by atoms with Crippen molar-refractivity contribution >= 4 is 16.8 Å². The smallest absolute Gasteiger partial charge is 0.228 e. The molecule has 1 amide bonds. The molecule has 1 saturated carbocycles. The van der Waals surface area contributed by atoms with E-state index in [4.69, 9.17) is 0 Å². The molecule has 0 spiro atoms. The molecule has 5 heteroatoms. The molecule has 0 bridgehead atoms. The number of aromatic nitrogens is 1. The fraction of sp³-hybridized carbons (Fsp3) is 0.526. The Kier molecular flexibility index (Phi) is 4.04. The first-order chi connectivity index (χ1) is 11.6. The van der Waals surface area contributed by atoms with Gasteiger partial charge in [0.15, 0.2) is 0 Å². The van der Waals surface area contributed by atoms with Gasteiger partial charge in [0, 0.05) is 30.2 Å². The molecule has 1 saturated heterocycles. The Morgan fingerprint density at radius 2 is 2.00 bits per heavy atom. The van der Waals surface area contributed by atoms with Crippen LogP contribution in [0.4, 0.5) is 4.39 Å². The maximum absolute atomic E-state index is 13.3. The number of hydrogen-bond donors (Lipinski definition) is 2. The number of piperidine rings is 1. The number of likely N-dealkylation sites (tertiary alicyclic amines) is 1. The number of halogens is 1. The third-order valence-corrected chi connectivity index (χ3v) is 5.72. The second-order valence-electron chi connectivity index (χ2n) is 7.14. The van der Waals surface area contributed by atoms with Crippen LogP contribution in [-0.2, 0) is 4.79 Å². The third kappa shape index (κ3) is 2.71. The molecule has 2 N–H and O–H groups in total. The van der Waals surface area contributed by atoms with Crippen LogP contribution in [0.3, 0.4) is 0 Å². The molecule has 0 radical (unpaired) electrons. The van der Waals surface area contributed by atoms with Crippen molar-refractivity contribution in [3.05, 3.63) is 35.8 Å². The van der Waals surface area contributed by atoms with E-state index in [0.29, 0.717) is 5.92 Å². The van der Waals surface area contributed by atoms with E-state index in [1.807, 2.05) is 17.2 Å². The number of H-pyrrole nitrogens is 1. The number of nitrogens with zero attached hydrogens (tertiary/aromatic N) is 1. The molecule has 24 heavy (non-hydrogen) atoms. The van der Waals surface area contributed by atoms with Gasteiger partial charge in [-0.05, 0) is 61.8 Å². The predicted molar refractivity (Wildman–Crippen MR) is 90.2 cm³/mol. The van der Waals surface area contributed by atoms with E-state index in [2.05, 4.69) is 4.98 Å². The van der Waals surface area contributed by atoms with E-state index in [1.54, 1.807) is 0 Å². The average molecular weight is 330 g/mol. The van der Waals surface area contributed by atoms with Crippen molar-refractivity contribution in [2.75, 3.05) is 13.1 Å². The molecule has 4 nitrogen and oxygen atoms in total. The summed E-state index contributed by atoms with van der Waals surface area (Å²) in [5.74, 6) is 0.0882. The summed E-state index contributed by atoms with van der Waals surface area (Å²) in [7, 11) is 0. The minimum atomic E-state index is -0.460. The van der Waals surface area contributed by atoms with Gasteiger partial charge < -0.3 is 15.0 Å². The Bertz CT molecular complexity index is 749.